The Hall–Kier alpha value is -2.04. The molecule has 1 atom stereocenters. The minimum Gasteiger partial charge on any atom is -0.444 e. The van der Waals surface area contributed by atoms with Crippen molar-refractivity contribution < 1.29 is 22.7 Å². The largest absolute Gasteiger partial charge is 0.444 e. The number of nitrogens with zero attached hydrogens (tertiary/aromatic N) is 3. The molecule has 1 aliphatic rings. The Morgan fingerprint density at radius 2 is 2.10 bits per heavy atom. The Morgan fingerprint density at radius 1 is 1.37 bits per heavy atom. The van der Waals surface area contributed by atoms with E-state index in [1.54, 1.807) is 11.9 Å². The predicted molar refractivity (Wildman–Crippen MR) is 111 cm³/mol. The van der Waals surface area contributed by atoms with Gasteiger partial charge in [-0.15, -0.1) is 11.3 Å². The van der Waals surface area contributed by atoms with Crippen LogP contribution in [0, 0.1) is 5.92 Å². The first-order valence-electron chi connectivity index (χ1n) is 9.92. The van der Waals surface area contributed by atoms with Gasteiger partial charge in [0.25, 0.3) is 0 Å². The molecule has 0 saturated carbocycles. The lowest BCUT2D eigenvalue weighted by molar-refractivity contribution is -0.140. The van der Waals surface area contributed by atoms with Crippen LogP contribution in [0.5, 0.6) is 0 Å². The number of alkyl halides is 3. The molecule has 1 aromatic heterocycles. The standard InChI is InChI=1S/C19H30F3N5O2S/c1-18(2,3)29-17(28)27-9-5-6-13(11-27)10-25-16(23-4)24-8-7-15-26-14(12-30-15)19(20,21)22/h12-13H,5-11H2,1-4H3,(H2,23,24,25). The predicted octanol–water partition coefficient (Wildman–Crippen LogP) is 3.52. The summed E-state index contributed by atoms with van der Waals surface area (Å²) >= 11 is 0.998. The van der Waals surface area contributed by atoms with Gasteiger partial charge in [0.1, 0.15) is 5.60 Å². The van der Waals surface area contributed by atoms with Crippen molar-refractivity contribution in [2.75, 3.05) is 33.2 Å². The fourth-order valence-corrected chi connectivity index (χ4v) is 3.83. The third-order valence-corrected chi connectivity index (χ3v) is 5.33. The zero-order valence-corrected chi connectivity index (χ0v) is 18.6. The molecule has 0 bridgehead atoms. The maximum Gasteiger partial charge on any atom is 0.434 e. The number of ether oxygens (including phenoxy) is 1. The van der Waals surface area contributed by atoms with Gasteiger partial charge in [-0.2, -0.15) is 13.2 Å². The number of halogens is 3. The first kappa shape index (κ1) is 24.2. The topological polar surface area (TPSA) is 78.9 Å². The minimum atomic E-state index is -4.41. The second-order valence-corrected chi connectivity index (χ2v) is 9.13. The number of guanidine groups is 1. The number of amides is 1. The number of hydrogen-bond donors (Lipinski definition) is 2. The van der Waals surface area contributed by atoms with Gasteiger partial charge in [-0.25, -0.2) is 9.78 Å². The lowest BCUT2D eigenvalue weighted by atomic mass is 9.98. The molecule has 1 saturated heterocycles. The average Bonchev–Trinajstić information content (AvgIpc) is 3.13. The normalized spacial score (nSPS) is 18.3. The van der Waals surface area contributed by atoms with Gasteiger partial charge in [-0.05, 0) is 39.5 Å². The molecule has 1 unspecified atom stereocenters. The molecule has 1 fully saturated rings. The molecule has 1 aromatic rings. The van der Waals surface area contributed by atoms with Crippen LogP contribution < -0.4 is 10.6 Å². The van der Waals surface area contributed by atoms with E-state index in [0.717, 1.165) is 29.6 Å². The molecule has 11 heteroatoms. The Labute approximate surface area is 179 Å². The second kappa shape index (κ2) is 10.3. The van der Waals surface area contributed by atoms with Crippen molar-refractivity contribution in [1.82, 2.24) is 20.5 Å². The summed E-state index contributed by atoms with van der Waals surface area (Å²) in [5, 5.41) is 7.77. The fraction of sp³-hybridized carbons (Fsp3) is 0.737. The SMILES string of the molecule is CN=C(NCCc1nc(C(F)(F)F)cs1)NCC1CCCN(C(=O)OC(C)(C)C)C1. The highest BCUT2D eigenvalue weighted by Gasteiger charge is 2.33. The summed E-state index contributed by atoms with van der Waals surface area (Å²) in [5.41, 5.74) is -1.37. The van der Waals surface area contributed by atoms with Gasteiger partial charge >= 0.3 is 12.3 Å². The number of hydrogen-bond acceptors (Lipinski definition) is 5. The third kappa shape index (κ3) is 8.00. The Balaban J connectivity index is 1.74. The minimum absolute atomic E-state index is 0.262. The number of thiazole rings is 1. The fourth-order valence-electron chi connectivity index (χ4n) is 3.03. The van der Waals surface area contributed by atoms with Crippen LogP contribution in [0.4, 0.5) is 18.0 Å². The first-order valence-corrected chi connectivity index (χ1v) is 10.8. The summed E-state index contributed by atoms with van der Waals surface area (Å²) in [5.74, 6) is 0.829. The van der Waals surface area contributed by atoms with Crippen LogP contribution in [0.25, 0.3) is 0 Å². The van der Waals surface area contributed by atoms with Gasteiger partial charge in [0, 0.05) is 45.0 Å². The molecule has 0 spiro atoms. The van der Waals surface area contributed by atoms with Crippen molar-refractivity contribution in [1.29, 1.82) is 0 Å². The quantitative estimate of drug-likeness (QED) is 0.531. The highest BCUT2D eigenvalue weighted by Crippen LogP contribution is 2.30. The highest BCUT2D eigenvalue weighted by atomic mass is 32.1. The molecule has 7 nitrogen and oxygen atoms in total. The molecule has 1 amide bonds. The second-order valence-electron chi connectivity index (χ2n) is 8.19. The van der Waals surface area contributed by atoms with Gasteiger partial charge in [0.2, 0.25) is 0 Å². The molecule has 30 heavy (non-hydrogen) atoms. The van der Waals surface area contributed by atoms with E-state index in [-0.39, 0.29) is 12.0 Å². The molecule has 0 aliphatic carbocycles. The van der Waals surface area contributed by atoms with E-state index >= 15 is 0 Å². The Kier molecular flexibility index (Phi) is 8.34. The molecule has 2 rings (SSSR count). The molecule has 0 aromatic carbocycles. The molecule has 0 radical (unpaired) electrons. The number of carbonyl (C=O) groups is 1. The summed E-state index contributed by atoms with van der Waals surface area (Å²) in [6.45, 7) is 7.88. The molecule has 2 N–H and O–H groups in total. The number of aromatic nitrogens is 1. The van der Waals surface area contributed by atoms with E-state index in [4.69, 9.17) is 4.74 Å². The summed E-state index contributed by atoms with van der Waals surface area (Å²) < 4.78 is 43.3. The molecule has 1 aliphatic heterocycles. The van der Waals surface area contributed by atoms with Crippen molar-refractivity contribution in [2.24, 2.45) is 10.9 Å². The molecular formula is C19H30F3N5O2S. The van der Waals surface area contributed by atoms with Gasteiger partial charge in [-0.1, -0.05) is 0 Å². The van der Waals surface area contributed by atoms with E-state index in [9.17, 15) is 18.0 Å². The van der Waals surface area contributed by atoms with Gasteiger partial charge in [0.15, 0.2) is 11.7 Å². The number of aliphatic imine (C=N–C) groups is 1. The summed E-state index contributed by atoms with van der Waals surface area (Å²) in [4.78, 5) is 21.8. The zero-order valence-electron chi connectivity index (χ0n) is 17.8. The monoisotopic (exact) mass is 449 g/mol. The number of rotatable bonds is 5. The van der Waals surface area contributed by atoms with E-state index in [1.807, 2.05) is 20.8 Å². The van der Waals surface area contributed by atoms with Crippen molar-refractivity contribution in [2.45, 2.75) is 51.8 Å². The lowest BCUT2D eigenvalue weighted by Crippen LogP contribution is -2.47. The van der Waals surface area contributed by atoms with Crippen LogP contribution in [0.2, 0.25) is 0 Å². The highest BCUT2D eigenvalue weighted by molar-refractivity contribution is 7.09. The van der Waals surface area contributed by atoms with Gasteiger partial charge in [-0.3, -0.25) is 4.99 Å². The third-order valence-electron chi connectivity index (χ3n) is 4.43. The molecule has 2 heterocycles. The zero-order chi connectivity index (χ0) is 22.4. The summed E-state index contributed by atoms with van der Waals surface area (Å²) in [6, 6.07) is 0. The summed E-state index contributed by atoms with van der Waals surface area (Å²) in [7, 11) is 1.63. The van der Waals surface area contributed by atoms with E-state index < -0.39 is 17.5 Å². The van der Waals surface area contributed by atoms with Crippen LogP contribution in [0.3, 0.4) is 0 Å². The van der Waals surface area contributed by atoms with E-state index in [1.165, 1.54) is 0 Å². The Morgan fingerprint density at radius 3 is 2.70 bits per heavy atom. The maximum atomic E-state index is 12.6. The average molecular weight is 450 g/mol. The summed E-state index contributed by atoms with van der Waals surface area (Å²) in [6.07, 6.45) is -2.44. The van der Waals surface area contributed by atoms with Gasteiger partial charge < -0.3 is 20.3 Å². The first-order chi connectivity index (χ1) is 14.0. The molecular weight excluding hydrogens is 419 g/mol. The van der Waals surface area contributed by atoms with Gasteiger partial charge in [0.05, 0.1) is 5.01 Å². The Bertz CT molecular complexity index is 730. The maximum absolute atomic E-state index is 12.6. The van der Waals surface area contributed by atoms with Crippen molar-refractivity contribution in [3.05, 3.63) is 16.1 Å². The van der Waals surface area contributed by atoms with Crippen LogP contribution >= 0.6 is 11.3 Å². The molecule has 170 valence electrons. The van der Waals surface area contributed by atoms with E-state index in [2.05, 4.69) is 20.6 Å². The lowest BCUT2D eigenvalue weighted by Gasteiger charge is -2.34. The van der Waals surface area contributed by atoms with Crippen LogP contribution in [0.1, 0.15) is 44.3 Å². The number of likely N-dealkylation sites (tertiary alicyclic amines) is 1. The number of carbonyl (C=O) groups excluding carboxylic acids is 1. The smallest absolute Gasteiger partial charge is 0.434 e. The number of nitrogens with one attached hydrogen (secondary N) is 2. The number of piperidine rings is 1. The van der Waals surface area contributed by atoms with E-state index in [0.29, 0.717) is 43.6 Å². The van der Waals surface area contributed by atoms with Crippen LogP contribution in [-0.4, -0.2) is 60.8 Å². The van der Waals surface area contributed by atoms with Crippen LogP contribution in [-0.2, 0) is 17.3 Å². The van der Waals surface area contributed by atoms with Crippen molar-refractivity contribution in [3.63, 3.8) is 0 Å². The van der Waals surface area contributed by atoms with Crippen molar-refractivity contribution >= 4 is 23.4 Å². The van der Waals surface area contributed by atoms with Crippen LogP contribution in [0.15, 0.2) is 10.4 Å². The van der Waals surface area contributed by atoms with Crippen molar-refractivity contribution in [3.8, 4) is 0 Å².